The van der Waals surface area contributed by atoms with E-state index in [1.807, 2.05) is 66.7 Å². The second kappa shape index (κ2) is 13.1. The maximum atomic E-state index is 13.7. The highest BCUT2D eigenvalue weighted by molar-refractivity contribution is 8.00. The summed E-state index contributed by atoms with van der Waals surface area (Å²) < 4.78 is 18.1. The second-order valence-corrected chi connectivity index (χ2v) is 12.7. The van der Waals surface area contributed by atoms with E-state index in [1.54, 1.807) is 36.4 Å². The summed E-state index contributed by atoms with van der Waals surface area (Å²) in [5.74, 6) is 0.225. The average Bonchev–Trinajstić information content (AvgIpc) is 3.68. The smallest absolute Gasteiger partial charge is 0.301 e. The Hall–Kier alpha value is -5.13. The van der Waals surface area contributed by atoms with Gasteiger partial charge in [0, 0.05) is 11.3 Å². The number of ether oxygens (including phenoxy) is 3. The SMILES string of the molecule is O=C1C(=O)N(c2nnc(SCc3ccccc3)s2)C(c2cccc(OCc3ccccc3)c2)/C1=C(/O)c1ccc2c(c1)OCCO2. The summed E-state index contributed by atoms with van der Waals surface area (Å²) in [6.07, 6.45) is 0. The van der Waals surface area contributed by atoms with Crippen LogP contribution in [-0.4, -0.2) is 40.2 Å². The third-order valence-corrected chi connectivity index (χ3v) is 9.62. The zero-order valence-corrected chi connectivity index (χ0v) is 26.0. The van der Waals surface area contributed by atoms with Crippen LogP contribution in [0.15, 0.2) is 113 Å². The third-order valence-electron chi connectivity index (χ3n) is 7.49. The van der Waals surface area contributed by atoms with Gasteiger partial charge < -0.3 is 19.3 Å². The molecule has 0 aliphatic carbocycles. The van der Waals surface area contributed by atoms with Gasteiger partial charge in [-0.25, -0.2) is 0 Å². The number of benzene rings is 4. The van der Waals surface area contributed by atoms with Gasteiger partial charge >= 0.3 is 5.91 Å². The zero-order chi connectivity index (χ0) is 31.5. The molecule has 0 radical (unpaired) electrons. The Morgan fingerprint density at radius 1 is 0.870 bits per heavy atom. The number of ketones is 1. The van der Waals surface area contributed by atoms with Crippen LogP contribution in [0.4, 0.5) is 5.13 Å². The van der Waals surface area contributed by atoms with Crippen molar-refractivity contribution in [2.45, 2.75) is 22.7 Å². The van der Waals surface area contributed by atoms with Gasteiger partial charge in [0.25, 0.3) is 5.78 Å². The lowest BCUT2D eigenvalue weighted by Gasteiger charge is -2.23. The van der Waals surface area contributed by atoms with Crippen molar-refractivity contribution < 1.29 is 28.9 Å². The molecule has 1 saturated heterocycles. The number of carbonyl (C=O) groups is 2. The molecule has 11 heteroatoms. The Balaban J connectivity index is 1.26. The fourth-order valence-electron chi connectivity index (χ4n) is 5.28. The third kappa shape index (κ3) is 6.07. The molecule has 3 heterocycles. The Kier molecular flexibility index (Phi) is 8.41. The number of rotatable bonds is 9. The monoisotopic (exact) mass is 649 g/mol. The first-order valence-electron chi connectivity index (χ1n) is 14.5. The number of aliphatic hydroxyl groups is 1. The number of aromatic nitrogens is 2. The van der Waals surface area contributed by atoms with Gasteiger partial charge in [0.05, 0.1) is 11.6 Å². The molecule has 5 aromatic rings. The van der Waals surface area contributed by atoms with Crippen molar-refractivity contribution in [1.82, 2.24) is 10.2 Å². The first-order chi connectivity index (χ1) is 22.5. The molecule has 9 nitrogen and oxygen atoms in total. The van der Waals surface area contributed by atoms with Crippen LogP contribution in [0.2, 0.25) is 0 Å². The summed E-state index contributed by atoms with van der Waals surface area (Å²) in [7, 11) is 0. The fraction of sp³-hybridized carbons (Fsp3) is 0.143. The predicted octanol–water partition coefficient (Wildman–Crippen LogP) is 6.81. The highest BCUT2D eigenvalue weighted by Gasteiger charge is 2.48. The highest BCUT2D eigenvalue weighted by atomic mass is 32.2. The first kappa shape index (κ1) is 29.6. The van der Waals surface area contributed by atoms with Gasteiger partial charge in [-0.3, -0.25) is 14.5 Å². The second-order valence-electron chi connectivity index (χ2n) is 10.5. The van der Waals surface area contributed by atoms with Crippen LogP contribution in [0.25, 0.3) is 5.76 Å². The quantitative estimate of drug-likeness (QED) is 0.0606. The molecule has 2 aliphatic heterocycles. The number of fused-ring (bicyclic) bond motifs is 1. The van der Waals surface area contributed by atoms with E-state index in [4.69, 9.17) is 14.2 Å². The summed E-state index contributed by atoms with van der Waals surface area (Å²) in [6.45, 7) is 1.11. The molecule has 1 unspecified atom stereocenters. The minimum Gasteiger partial charge on any atom is -0.507 e. The first-order valence-corrected chi connectivity index (χ1v) is 16.3. The van der Waals surface area contributed by atoms with E-state index >= 15 is 0 Å². The van der Waals surface area contributed by atoms with Gasteiger partial charge in [-0.2, -0.15) is 0 Å². The van der Waals surface area contributed by atoms with Crippen LogP contribution < -0.4 is 19.1 Å². The van der Waals surface area contributed by atoms with Crippen molar-refractivity contribution >= 4 is 45.7 Å². The maximum Gasteiger partial charge on any atom is 0.301 e. The number of Topliss-reactive ketones (excluding diaryl/α,β-unsaturated/α-hetero) is 1. The number of carbonyl (C=O) groups excluding carboxylic acids is 2. The van der Waals surface area contributed by atoms with E-state index in [2.05, 4.69) is 10.2 Å². The fourth-order valence-corrected chi connectivity index (χ4v) is 7.11. The Morgan fingerprint density at radius 2 is 1.61 bits per heavy atom. The van der Waals surface area contributed by atoms with Gasteiger partial charge in [-0.15, -0.1) is 10.2 Å². The van der Waals surface area contributed by atoms with E-state index < -0.39 is 17.7 Å². The van der Waals surface area contributed by atoms with Gasteiger partial charge in [0.15, 0.2) is 15.8 Å². The molecule has 4 aromatic carbocycles. The summed E-state index contributed by atoms with van der Waals surface area (Å²) in [4.78, 5) is 28.8. The molecule has 0 bridgehead atoms. The van der Waals surface area contributed by atoms with Gasteiger partial charge in [0.1, 0.15) is 31.3 Å². The molecule has 0 saturated carbocycles. The lowest BCUT2D eigenvalue weighted by Crippen LogP contribution is -2.29. The molecule has 230 valence electrons. The van der Waals surface area contributed by atoms with Gasteiger partial charge in [0.2, 0.25) is 5.13 Å². The molecule has 0 spiro atoms. The van der Waals surface area contributed by atoms with E-state index in [0.29, 0.717) is 58.3 Å². The average molecular weight is 650 g/mol. The molecule has 1 amide bonds. The molecule has 1 aromatic heterocycles. The van der Waals surface area contributed by atoms with Crippen LogP contribution in [0.3, 0.4) is 0 Å². The molecule has 1 fully saturated rings. The molecule has 7 rings (SSSR count). The number of anilines is 1. The van der Waals surface area contributed by atoms with Crippen molar-refractivity contribution in [2.75, 3.05) is 18.1 Å². The number of hydrogen-bond donors (Lipinski definition) is 1. The Labute approximate surface area is 273 Å². The van der Waals surface area contributed by atoms with E-state index in [-0.39, 0.29) is 16.5 Å². The van der Waals surface area contributed by atoms with Crippen LogP contribution >= 0.6 is 23.1 Å². The number of thioether (sulfide) groups is 1. The highest BCUT2D eigenvalue weighted by Crippen LogP contribution is 2.45. The topological polar surface area (TPSA) is 111 Å². The molecule has 1 N–H and O–H groups in total. The summed E-state index contributed by atoms with van der Waals surface area (Å²) in [5, 5.41) is 20.5. The lowest BCUT2D eigenvalue weighted by molar-refractivity contribution is -0.132. The summed E-state index contributed by atoms with van der Waals surface area (Å²) in [5.41, 5.74) is 2.93. The van der Waals surface area contributed by atoms with Crippen LogP contribution in [0, 0.1) is 0 Å². The Morgan fingerprint density at radius 3 is 2.39 bits per heavy atom. The van der Waals surface area contributed by atoms with E-state index in [9.17, 15) is 14.7 Å². The van der Waals surface area contributed by atoms with Crippen LogP contribution in [0.5, 0.6) is 17.2 Å². The van der Waals surface area contributed by atoms with E-state index in [0.717, 1.165) is 11.1 Å². The number of hydrogen-bond acceptors (Lipinski definition) is 10. The molecule has 2 aliphatic rings. The predicted molar refractivity (Wildman–Crippen MR) is 175 cm³/mol. The summed E-state index contributed by atoms with van der Waals surface area (Å²) >= 11 is 2.71. The van der Waals surface area contributed by atoms with Gasteiger partial charge in [-0.1, -0.05) is 95.9 Å². The molecular weight excluding hydrogens is 623 g/mol. The minimum atomic E-state index is -0.992. The molecule has 1 atom stereocenters. The molecular formula is C35H27N3O6S2. The number of amides is 1. The number of aliphatic hydroxyl groups excluding tert-OH is 1. The minimum absolute atomic E-state index is 0.0735. The van der Waals surface area contributed by atoms with Crippen molar-refractivity contribution in [3.05, 3.63) is 131 Å². The van der Waals surface area contributed by atoms with Gasteiger partial charge in [-0.05, 0) is 47.0 Å². The van der Waals surface area contributed by atoms with Crippen molar-refractivity contribution in [1.29, 1.82) is 0 Å². The Bertz CT molecular complexity index is 1930. The van der Waals surface area contributed by atoms with Crippen LogP contribution in [-0.2, 0) is 21.9 Å². The zero-order valence-electron chi connectivity index (χ0n) is 24.4. The standard InChI is InChI=1S/C35H27N3O6S2/c39-31(25-14-15-27-28(19-25)43-17-16-42-27)29-30(24-12-7-13-26(18-24)44-20-22-8-3-1-4-9-22)38(33(41)32(29)40)34-36-37-35(46-34)45-21-23-10-5-2-6-11-23/h1-15,18-19,30,39H,16-17,20-21H2/b31-29-. The maximum absolute atomic E-state index is 13.7. The normalized spacial score (nSPS) is 16.9. The largest absolute Gasteiger partial charge is 0.507 e. The van der Waals surface area contributed by atoms with Crippen LogP contribution in [0.1, 0.15) is 28.3 Å². The van der Waals surface area contributed by atoms with E-state index in [1.165, 1.54) is 28.0 Å². The molecule has 46 heavy (non-hydrogen) atoms. The number of nitrogens with zero attached hydrogens (tertiary/aromatic N) is 3. The van der Waals surface area contributed by atoms with Crippen molar-refractivity contribution in [3.8, 4) is 17.2 Å². The summed E-state index contributed by atoms with van der Waals surface area (Å²) in [6, 6.07) is 30.8. The van der Waals surface area contributed by atoms with Crippen molar-refractivity contribution in [3.63, 3.8) is 0 Å². The van der Waals surface area contributed by atoms with Crippen molar-refractivity contribution in [2.24, 2.45) is 0 Å². The lowest BCUT2D eigenvalue weighted by atomic mass is 9.95.